The molecule has 2 aromatic rings. The molecular weight excluding hydrogens is 334 g/mol. The average Bonchev–Trinajstić information content (AvgIpc) is 2.65. The van der Waals surface area contributed by atoms with E-state index in [4.69, 9.17) is 4.74 Å². The highest BCUT2D eigenvalue weighted by Gasteiger charge is 2.20. The Hall–Kier alpha value is -1.39. The van der Waals surface area contributed by atoms with Gasteiger partial charge in [0.1, 0.15) is 0 Å². The lowest BCUT2D eigenvalue weighted by atomic mass is 9.88. The third-order valence-corrected chi connectivity index (χ3v) is 4.78. The summed E-state index contributed by atoms with van der Waals surface area (Å²) in [6.07, 6.45) is 2.99. The Morgan fingerprint density at radius 1 is 1.12 bits per heavy atom. The molecule has 1 aliphatic rings. The predicted molar refractivity (Wildman–Crippen MR) is 104 cm³/mol. The van der Waals surface area contributed by atoms with Gasteiger partial charge < -0.3 is 15.2 Å². The molecule has 3 atom stereocenters. The maximum Gasteiger partial charge on any atom is 0.0898 e. The van der Waals surface area contributed by atoms with Crippen LogP contribution in [0.2, 0.25) is 0 Å². The number of halogens is 1. The second kappa shape index (κ2) is 9.93. The summed E-state index contributed by atoms with van der Waals surface area (Å²) >= 11 is 0. The molecule has 3 nitrogen and oxygen atoms in total. The smallest absolute Gasteiger partial charge is 0.0898 e. The van der Waals surface area contributed by atoms with Crippen molar-refractivity contribution in [2.75, 3.05) is 13.2 Å². The van der Waals surface area contributed by atoms with Gasteiger partial charge in [0.05, 0.1) is 18.8 Å². The first-order valence-corrected chi connectivity index (χ1v) is 8.90. The van der Waals surface area contributed by atoms with Crippen molar-refractivity contribution in [3.05, 3.63) is 71.3 Å². The normalized spacial score (nSPS) is 18.7. The molecule has 3 rings (SSSR count). The Morgan fingerprint density at radius 3 is 2.64 bits per heavy atom. The molecule has 0 radical (unpaired) electrons. The van der Waals surface area contributed by atoms with E-state index < -0.39 is 6.10 Å². The number of rotatable bonds is 7. The number of hydrogen-bond donors (Lipinski definition) is 2. The van der Waals surface area contributed by atoms with Crippen molar-refractivity contribution in [3.63, 3.8) is 0 Å². The van der Waals surface area contributed by atoms with Crippen LogP contribution in [0.3, 0.4) is 0 Å². The van der Waals surface area contributed by atoms with E-state index in [2.05, 4.69) is 29.6 Å². The molecule has 2 N–H and O–H groups in total. The fourth-order valence-electron chi connectivity index (χ4n) is 3.38. The first-order valence-electron chi connectivity index (χ1n) is 8.90. The summed E-state index contributed by atoms with van der Waals surface area (Å²) < 4.78 is 5.81. The summed E-state index contributed by atoms with van der Waals surface area (Å²) in [5, 5.41) is 13.7. The number of ether oxygens (including phenoxy) is 1. The van der Waals surface area contributed by atoms with E-state index in [0.717, 1.165) is 18.4 Å². The molecule has 2 aromatic carbocycles. The van der Waals surface area contributed by atoms with E-state index >= 15 is 0 Å². The molecule has 0 saturated carbocycles. The number of aryl methyl sites for hydroxylation is 1. The van der Waals surface area contributed by atoms with Crippen molar-refractivity contribution in [1.29, 1.82) is 0 Å². The maximum atomic E-state index is 10.2. The van der Waals surface area contributed by atoms with E-state index in [1.807, 2.05) is 37.3 Å². The molecule has 0 amide bonds. The highest BCUT2D eigenvalue weighted by atomic mass is 35.5. The summed E-state index contributed by atoms with van der Waals surface area (Å²) in [5.74, 6) is 0. The summed E-state index contributed by atoms with van der Waals surface area (Å²) in [7, 11) is 0. The van der Waals surface area contributed by atoms with Gasteiger partial charge in [-0.3, -0.25) is 0 Å². The van der Waals surface area contributed by atoms with Crippen LogP contribution in [0, 0.1) is 0 Å². The Kier molecular flexibility index (Phi) is 7.91. The van der Waals surface area contributed by atoms with E-state index in [1.54, 1.807) is 0 Å². The van der Waals surface area contributed by atoms with Crippen LogP contribution in [0.4, 0.5) is 0 Å². The third-order valence-electron chi connectivity index (χ3n) is 4.78. The molecule has 25 heavy (non-hydrogen) atoms. The van der Waals surface area contributed by atoms with Gasteiger partial charge >= 0.3 is 0 Å². The van der Waals surface area contributed by atoms with Crippen LogP contribution in [0.1, 0.15) is 48.6 Å². The molecule has 0 aliphatic heterocycles. The van der Waals surface area contributed by atoms with Gasteiger partial charge in [0.15, 0.2) is 0 Å². The molecule has 4 heteroatoms. The van der Waals surface area contributed by atoms with Gasteiger partial charge in [0, 0.05) is 12.6 Å². The summed E-state index contributed by atoms with van der Waals surface area (Å²) in [5.41, 5.74) is 3.96. The van der Waals surface area contributed by atoms with E-state index in [0.29, 0.717) is 19.2 Å². The largest absolute Gasteiger partial charge is 0.389 e. The van der Waals surface area contributed by atoms with Gasteiger partial charge in [0.25, 0.3) is 0 Å². The quantitative estimate of drug-likeness (QED) is 0.776. The minimum absolute atomic E-state index is 0. The minimum Gasteiger partial charge on any atom is -0.389 e. The van der Waals surface area contributed by atoms with Crippen molar-refractivity contribution in [2.24, 2.45) is 0 Å². The highest BCUT2D eigenvalue weighted by Crippen LogP contribution is 2.29. The average molecular weight is 362 g/mol. The van der Waals surface area contributed by atoms with Gasteiger partial charge in [-0.05, 0) is 42.9 Å². The highest BCUT2D eigenvalue weighted by molar-refractivity contribution is 5.85. The molecule has 0 fully saturated rings. The van der Waals surface area contributed by atoms with Crippen molar-refractivity contribution in [2.45, 2.75) is 44.4 Å². The molecule has 1 unspecified atom stereocenters. The Bertz CT molecular complexity index is 635. The van der Waals surface area contributed by atoms with Crippen LogP contribution in [0.15, 0.2) is 54.6 Å². The van der Waals surface area contributed by atoms with Crippen LogP contribution in [0.25, 0.3) is 0 Å². The fourth-order valence-corrected chi connectivity index (χ4v) is 3.38. The SMILES string of the molecule is CC(OC[C@@H](O)CN[C@@H]1CCCc2ccccc21)c1ccccc1.Cl. The second-order valence-corrected chi connectivity index (χ2v) is 6.59. The van der Waals surface area contributed by atoms with Gasteiger partial charge in [0.2, 0.25) is 0 Å². The molecule has 136 valence electrons. The van der Waals surface area contributed by atoms with Gasteiger partial charge in [-0.15, -0.1) is 12.4 Å². The Balaban J connectivity index is 0.00000225. The number of aliphatic hydroxyl groups excluding tert-OH is 1. The fraction of sp³-hybridized carbons (Fsp3) is 0.429. The zero-order chi connectivity index (χ0) is 16.8. The molecule has 0 bridgehead atoms. The van der Waals surface area contributed by atoms with Crippen LogP contribution in [0.5, 0.6) is 0 Å². The van der Waals surface area contributed by atoms with Gasteiger partial charge in [-0.1, -0.05) is 54.6 Å². The number of nitrogens with one attached hydrogen (secondary N) is 1. The summed E-state index contributed by atoms with van der Waals surface area (Å²) in [6, 6.07) is 19.1. The molecule has 1 aliphatic carbocycles. The first-order chi connectivity index (χ1) is 11.7. The Morgan fingerprint density at radius 2 is 1.84 bits per heavy atom. The van der Waals surface area contributed by atoms with Crippen LogP contribution < -0.4 is 5.32 Å². The molecule has 0 spiro atoms. The maximum absolute atomic E-state index is 10.2. The summed E-state index contributed by atoms with van der Waals surface area (Å²) in [4.78, 5) is 0. The Labute approximate surface area is 156 Å². The zero-order valence-corrected chi connectivity index (χ0v) is 15.5. The van der Waals surface area contributed by atoms with Gasteiger partial charge in [-0.25, -0.2) is 0 Å². The van der Waals surface area contributed by atoms with Crippen molar-refractivity contribution in [3.8, 4) is 0 Å². The molecule has 0 aromatic heterocycles. The van der Waals surface area contributed by atoms with Crippen molar-refractivity contribution in [1.82, 2.24) is 5.32 Å². The monoisotopic (exact) mass is 361 g/mol. The lowest BCUT2D eigenvalue weighted by molar-refractivity contribution is -0.00309. The first kappa shape index (κ1) is 19.9. The van der Waals surface area contributed by atoms with E-state index in [1.165, 1.54) is 17.5 Å². The van der Waals surface area contributed by atoms with E-state index in [-0.39, 0.29) is 18.5 Å². The molecule has 0 heterocycles. The number of benzene rings is 2. The van der Waals surface area contributed by atoms with Crippen LogP contribution in [-0.4, -0.2) is 24.4 Å². The minimum atomic E-state index is -0.495. The molecule has 0 saturated heterocycles. The standard InChI is InChI=1S/C21H27NO2.ClH/c1-16(17-8-3-2-4-9-17)24-15-19(23)14-22-21-13-7-11-18-10-5-6-12-20(18)21;/h2-6,8-10,12,16,19,21-23H,7,11,13-15H2,1H3;1H/t16?,19-,21+;/m0./s1. The van der Waals surface area contributed by atoms with Crippen molar-refractivity contribution < 1.29 is 9.84 Å². The summed E-state index contributed by atoms with van der Waals surface area (Å²) in [6.45, 7) is 2.92. The van der Waals surface area contributed by atoms with E-state index in [9.17, 15) is 5.11 Å². The molecular formula is C21H28ClNO2. The van der Waals surface area contributed by atoms with Crippen LogP contribution in [-0.2, 0) is 11.2 Å². The number of fused-ring (bicyclic) bond motifs is 1. The number of hydrogen-bond acceptors (Lipinski definition) is 3. The lowest BCUT2D eigenvalue weighted by Crippen LogP contribution is -2.34. The van der Waals surface area contributed by atoms with Crippen LogP contribution >= 0.6 is 12.4 Å². The third kappa shape index (κ3) is 5.55. The topological polar surface area (TPSA) is 41.5 Å². The predicted octanol–water partition coefficient (Wildman–Crippen LogP) is 4.21. The van der Waals surface area contributed by atoms with Gasteiger partial charge in [-0.2, -0.15) is 0 Å². The second-order valence-electron chi connectivity index (χ2n) is 6.59. The zero-order valence-electron chi connectivity index (χ0n) is 14.7. The lowest BCUT2D eigenvalue weighted by Gasteiger charge is -2.27. The van der Waals surface area contributed by atoms with Crippen molar-refractivity contribution >= 4 is 12.4 Å². The number of aliphatic hydroxyl groups is 1.